The van der Waals surface area contributed by atoms with Crippen molar-refractivity contribution < 1.29 is 19.7 Å². The molecule has 0 saturated heterocycles. The lowest BCUT2D eigenvalue weighted by Gasteiger charge is -2.15. The van der Waals surface area contributed by atoms with Crippen molar-refractivity contribution in [1.82, 2.24) is 0 Å². The summed E-state index contributed by atoms with van der Waals surface area (Å²) in [7, 11) is 1.51. The Kier molecular flexibility index (Phi) is 6.23. The quantitative estimate of drug-likeness (QED) is 0.538. The first-order valence-electron chi connectivity index (χ1n) is 8.38. The highest BCUT2D eigenvalue weighted by Gasteiger charge is 2.21. The van der Waals surface area contributed by atoms with Gasteiger partial charge in [-0.2, -0.15) is 0 Å². The van der Waals surface area contributed by atoms with Crippen LogP contribution >= 0.6 is 0 Å². The fourth-order valence-electron chi connectivity index (χ4n) is 2.78. The van der Waals surface area contributed by atoms with Gasteiger partial charge in [0.2, 0.25) is 0 Å². The number of methoxy groups -OCH3 is 1. The maximum Gasteiger partial charge on any atom is 0.340 e. The smallest absolute Gasteiger partial charge is 0.340 e. The van der Waals surface area contributed by atoms with Crippen molar-refractivity contribution in [1.29, 1.82) is 0 Å². The molecule has 0 saturated carbocycles. The predicted molar refractivity (Wildman–Crippen MR) is 105 cm³/mol. The van der Waals surface area contributed by atoms with Gasteiger partial charge in [-0.1, -0.05) is 47.6 Å². The molecule has 0 aliphatic heterocycles. The third-order valence-electron chi connectivity index (χ3n) is 4.13. The average Bonchev–Trinajstić information content (AvgIpc) is 2.57. The predicted octanol–water partition coefficient (Wildman–Crippen LogP) is 5.09. The molecular weight excluding hydrogens is 328 g/mol. The molecule has 0 aromatic heterocycles. The van der Waals surface area contributed by atoms with E-state index in [9.17, 15) is 15.0 Å². The zero-order chi connectivity index (χ0) is 19.3. The molecule has 0 heterocycles. The minimum atomic E-state index is -1.18. The van der Waals surface area contributed by atoms with E-state index in [4.69, 9.17) is 4.74 Å². The van der Waals surface area contributed by atoms with E-state index in [1.54, 1.807) is 12.1 Å². The van der Waals surface area contributed by atoms with Gasteiger partial charge in [-0.3, -0.25) is 0 Å². The van der Waals surface area contributed by atoms with Crippen LogP contribution in [0, 0.1) is 6.92 Å². The van der Waals surface area contributed by atoms with Crippen LogP contribution in [0.1, 0.15) is 46.0 Å². The molecule has 26 heavy (non-hydrogen) atoms. The molecular formula is C22H24O4. The van der Waals surface area contributed by atoms with Crippen LogP contribution in [-0.2, 0) is 6.42 Å². The summed E-state index contributed by atoms with van der Waals surface area (Å²) >= 11 is 0. The number of ether oxygens (including phenoxy) is 1. The van der Waals surface area contributed by atoms with Crippen LogP contribution in [0.5, 0.6) is 11.5 Å². The SMILES string of the molecule is C=C(C)CCc1c(OC)cc(/C=C/c2cccc(C)c2)c(C(=O)O)c1O. The third-order valence-corrected chi connectivity index (χ3v) is 4.13. The summed E-state index contributed by atoms with van der Waals surface area (Å²) < 4.78 is 5.39. The molecule has 0 unspecified atom stereocenters. The first kappa shape index (κ1) is 19.3. The lowest BCUT2D eigenvalue weighted by Crippen LogP contribution is -2.05. The van der Waals surface area contributed by atoms with E-state index in [1.807, 2.05) is 44.2 Å². The summed E-state index contributed by atoms with van der Waals surface area (Å²) in [5.41, 5.74) is 3.78. The van der Waals surface area contributed by atoms with E-state index < -0.39 is 5.97 Å². The maximum atomic E-state index is 11.7. The zero-order valence-corrected chi connectivity index (χ0v) is 15.4. The molecule has 0 aliphatic rings. The molecule has 4 heteroatoms. The lowest BCUT2D eigenvalue weighted by molar-refractivity contribution is 0.0693. The van der Waals surface area contributed by atoms with Crippen molar-refractivity contribution in [2.75, 3.05) is 7.11 Å². The Labute approximate surface area is 154 Å². The molecule has 4 nitrogen and oxygen atoms in total. The molecule has 0 amide bonds. The molecule has 0 spiro atoms. The minimum Gasteiger partial charge on any atom is -0.507 e. The number of aromatic hydroxyl groups is 1. The Hall–Kier alpha value is -3.01. The van der Waals surface area contributed by atoms with Crippen molar-refractivity contribution in [2.24, 2.45) is 0 Å². The second-order valence-electron chi connectivity index (χ2n) is 6.38. The number of aryl methyl sites for hydroxylation is 1. The lowest BCUT2D eigenvalue weighted by atomic mass is 9.96. The van der Waals surface area contributed by atoms with Gasteiger partial charge in [0.15, 0.2) is 0 Å². The van der Waals surface area contributed by atoms with E-state index in [0.29, 0.717) is 29.7 Å². The molecule has 0 aliphatic carbocycles. The highest BCUT2D eigenvalue weighted by Crippen LogP contribution is 2.36. The Morgan fingerprint density at radius 2 is 2.00 bits per heavy atom. The van der Waals surface area contributed by atoms with Crippen LogP contribution in [-0.4, -0.2) is 23.3 Å². The highest BCUT2D eigenvalue weighted by molar-refractivity contribution is 5.97. The molecule has 2 N–H and O–H groups in total. The number of phenols is 1. The summed E-state index contributed by atoms with van der Waals surface area (Å²) in [5.74, 6) is -0.953. The minimum absolute atomic E-state index is 0.119. The van der Waals surface area contributed by atoms with Crippen molar-refractivity contribution in [2.45, 2.75) is 26.7 Å². The number of carbonyl (C=O) groups is 1. The fourth-order valence-corrected chi connectivity index (χ4v) is 2.78. The van der Waals surface area contributed by atoms with Gasteiger partial charge in [-0.05, 0) is 43.9 Å². The largest absolute Gasteiger partial charge is 0.507 e. The first-order valence-corrected chi connectivity index (χ1v) is 8.38. The molecule has 0 atom stereocenters. The fraction of sp³-hybridized carbons (Fsp3) is 0.227. The monoisotopic (exact) mass is 352 g/mol. The number of aromatic carboxylic acids is 1. The Balaban J connectivity index is 2.53. The number of carboxylic acids is 1. The second kappa shape index (κ2) is 8.39. The van der Waals surface area contributed by atoms with Gasteiger partial charge >= 0.3 is 5.97 Å². The number of hydrogen-bond donors (Lipinski definition) is 2. The van der Waals surface area contributed by atoms with Crippen LogP contribution in [0.2, 0.25) is 0 Å². The summed E-state index contributed by atoms with van der Waals surface area (Å²) in [6, 6.07) is 9.51. The first-order chi connectivity index (χ1) is 12.3. The van der Waals surface area contributed by atoms with Crippen LogP contribution < -0.4 is 4.74 Å². The molecule has 136 valence electrons. The van der Waals surface area contributed by atoms with Crippen molar-refractivity contribution >= 4 is 18.1 Å². The Bertz CT molecular complexity index is 863. The normalized spacial score (nSPS) is 10.9. The van der Waals surface area contributed by atoms with E-state index in [1.165, 1.54) is 7.11 Å². The zero-order valence-electron chi connectivity index (χ0n) is 15.4. The van der Waals surface area contributed by atoms with Gasteiger partial charge in [0, 0.05) is 5.56 Å². The number of rotatable bonds is 7. The summed E-state index contributed by atoms with van der Waals surface area (Å²) in [4.78, 5) is 11.7. The van der Waals surface area contributed by atoms with Crippen LogP contribution in [0.25, 0.3) is 12.2 Å². The van der Waals surface area contributed by atoms with Crippen LogP contribution in [0.4, 0.5) is 0 Å². The number of benzene rings is 2. The highest BCUT2D eigenvalue weighted by atomic mass is 16.5. The van der Waals surface area contributed by atoms with Gasteiger partial charge in [-0.25, -0.2) is 4.79 Å². The third kappa shape index (κ3) is 4.54. The number of allylic oxidation sites excluding steroid dienone is 1. The molecule has 0 fully saturated rings. The summed E-state index contributed by atoms with van der Waals surface area (Å²) in [6.45, 7) is 7.73. The van der Waals surface area contributed by atoms with Gasteiger partial charge < -0.3 is 14.9 Å². The second-order valence-corrected chi connectivity index (χ2v) is 6.38. The molecule has 0 radical (unpaired) electrons. The van der Waals surface area contributed by atoms with Crippen molar-refractivity contribution in [3.8, 4) is 11.5 Å². The standard InChI is InChI=1S/C22H24O4/c1-14(2)8-11-18-19(26-4)13-17(20(21(18)23)22(24)25)10-9-16-7-5-6-15(3)12-16/h5-7,9-10,12-13,23H,1,8,11H2,2-4H3,(H,24,25)/b10-9+. The molecule has 2 rings (SSSR count). The summed E-state index contributed by atoms with van der Waals surface area (Å²) in [5, 5.41) is 20.2. The Morgan fingerprint density at radius 3 is 2.58 bits per heavy atom. The van der Waals surface area contributed by atoms with Gasteiger partial charge in [-0.15, -0.1) is 6.58 Å². The van der Waals surface area contributed by atoms with Crippen LogP contribution in [0.3, 0.4) is 0 Å². The summed E-state index contributed by atoms with van der Waals surface area (Å²) in [6.07, 6.45) is 4.61. The van der Waals surface area contributed by atoms with Gasteiger partial charge in [0.05, 0.1) is 7.11 Å². The van der Waals surface area contributed by atoms with E-state index in [-0.39, 0.29) is 11.3 Å². The Morgan fingerprint density at radius 1 is 1.27 bits per heavy atom. The molecule has 2 aromatic carbocycles. The molecule has 0 bridgehead atoms. The van der Waals surface area contributed by atoms with E-state index >= 15 is 0 Å². The van der Waals surface area contributed by atoms with Crippen LogP contribution in [0.15, 0.2) is 42.5 Å². The van der Waals surface area contributed by atoms with Gasteiger partial charge in [0.1, 0.15) is 17.1 Å². The van der Waals surface area contributed by atoms with Crippen molar-refractivity contribution in [3.63, 3.8) is 0 Å². The topological polar surface area (TPSA) is 66.8 Å². The average molecular weight is 352 g/mol. The molecule has 2 aromatic rings. The maximum absolute atomic E-state index is 11.7. The number of carboxylic acid groups (broad SMARTS) is 1. The number of hydrogen-bond acceptors (Lipinski definition) is 3. The van der Waals surface area contributed by atoms with E-state index in [0.717, 1.165) is 16.7 Å². The van der Waals surface area contributed by atoms with E-state index in [2.05, 4.69) is 6.58 Å². The van der Waals surface area contributed by atoms with Gasteiger partial charge in [0.25, 0.3) is 0 Å². The van der Waals surface area contributed by atoms with Crippen molar-refractivity contribution in [3.05, 3.63) is 70.3 Å².